The maximum Gasteiger partial charge on any atom is 0.131 e. The Bertz CT molecular complexity index is 408. The molecule has 2 atom stereocenters. The third-order valence-electron chi connectivity index (χ3n) is 3.60. The number of rotatable bonds is 5. The highest BCUT2D eigenvalue weighted by atomic mass is 32.2. The molecule has 1 fully saturated rings. The van der Waals surface area contributed by atoms with Crippen molar-refractivity contribution in [2.45, 2.75) is 63.2 Å². The molecule has 1 aliphatic carbocycles. The Hall–Kier alpha value is -0.770. The van der Waals surface area contributed by atoms with Gasteiger partial charge in [-0.2, -0.15) is 0 Å². The van der Waals surface area contributed by atoms with Crippen LogP contribution in [-0.4, -0.2) is 21.8 Å². The normalized spacial score (nSPS) is 23.3. The van der Waals surface area contributed by atoms with Gasteiger partial charge in [-0.3, -0.25) is 0 Å². The van der Waals surface area contributed by atoms with Crippen molar-refractivity contribution in [1.82, 2.24) is 9.97 Å². The van der Waals surface area contributed by atoms with Crippen LogP contribution in [0, 0.1) is 5.92 Å². The maximum atomic E-state index is 4.67. The van der Waals surface area contributed by atoms with E-state index in [4.69, 9.17) is 0 Å². The van der Waals surface area contributed by atoms with Crippen molar-refractivity contribution in [3.8, 4) is 0 Å². The van der Waals surface area contributed by atoms with Crippen molar-refractivity contribution in [1.29, 1.82) is 0 Å². The number of hydrogen-bond acceptors (Lipinski definition) is 4. The minimum Gasteiger partial charge on any atom is -0.370 e. The Balaban J connectivity index is 2.07. The van der Waals surface area contributed by atoms with Crippen LogP contribution in [0.3, 0.4) is 0 Å². The molecule has 1 aliphatic rings. The standard InChI is InChI=1S/C15H25N3S/c1-4-13-17-14(16-5-2)10-15(18-13)19-12-8-6-7-11(3)9-12/h10-12H,4-9H2,1-3H3,(H,16,17,18). The number of aromatic nitrogens is 2. The third kappa shape index (κ3) is 4.37. The van der Waals surface area contributed by atoms with E-state index in [0.717, 1.165) is 40.8 Å². The molecular formula is C15H25N3S. The topological polar surface area (TPSA) is 37.8 Å². The van der Waals surface area contributed by atoms with Gasteiger partial charge in [-0.05, 0) is 25.7 Å². The highest BCUT2D eigenvalue weighted by molar-refractivity contribution is 7.99. The summed E-state index contributed by atoms with van der Waals surface area (Å²) in [7, 11) is 0. The minimum absolute atomic E-state index is 0.734. The number of nitrogens with one attached hydrogen (secondary N) is 1. The van der Waals surface area contributed by atoms with Crippen molar-refractivity contribution >= 4 is 17.6 Å². The summed E-state index contributed by atoms with van der Waals surface area (Å²) in [5.74, 6) is 2.79. The van der Waals surface area contributed by atoms with E-state index in [0.29, 0.717) is 0 Å². The zero-order valence-electron chi connectivity index (χ0n) is 12.3. The summed E-state index contributed by atoms with van der Waals surface area (Å²) in [5.41, 5.74) is 0. The van der Waals surface area contributed by atoms with Gasteiger partial charge in [0.15, 0.2) is 0 Å². The van der Waals surface area contributed by atoms with Gasteiger partial charge in [-0.25, -0.2) is 9.97 Å². The lowest BCUT2D eigenvalue weighted by Crippen LogP contribution is -2.15. The fourth-order valence-electron chi connectivity index (χ4n) is 2.62. The lowest BCUT2D eigenvalue weighted by atomic mass is 9.91. The maximum absolute atomic E-state index is 4.67. The van der Waals surface area contributed by atoms with Crippen LogP contribution in [0.5, 0.6) is 0 Å². The Morgan fingerprint density at radius 1 is 1.32 bits per heavy atom. The molecule has 0 aromatic carbocycles. The van der Waals surface area contributed by atoms with Crippen LogP contribution in [0.4, 0.5) is 5.82 Å². The van der Waals surface area contributed by atoms with Crippen molar-refractivity contribution in [2.24, 2.45) is 5.92 Å². The first-order chi connectivity index (χ1) is 9.21. The van der Waals surface area contributed by atoms with Gasteiger partial charge in [-0.15, -0.1) is 11.8 Å². The van der Waals surface area contributed by atoms with E-state index in [2.05, 4.69) is 42.1 Å². The van der Waals surface area contributed by atoms with Gasteiger partial charge in [0.1, 0.15) is 16.7 Å². The summed E-state index contributed by atoms with van der Waals surface area (Å²) in [4.78, 5) is 9.18. The second-order valence-electron chi connectivity index (χ2n) is 5.40. The molecule has 1 N–H and O–H groups in total. The molecule has 0 aliphatic heterocycles. The Morgan fingerprint density at radius 2 is 2.16 bits per heavy atom. The van der Waals surface area contributed by atoms with E-state index in [1.165, 1.54) is 25.7 Å². The minimum atomic E-state index is 0.734. The molecule has 0 spiro atoms. The highest BCUT2D eigenvalue weighted by Crippen LogP contribution is 2.35. The summed E-state index contributed by atoms with van der Waals surface area (Å²) in [6.45, 7) is 7.49. The fourth-order valence-corrected chi connectivity index (χ4v) is 4.01. The molecule has 0 saturated heterocycles. The van der Waals surface area contributed by atoms with Crippen LogP contribution in [0.15, 0.2) is 11.1 Å². The summed E-state index contributed by atoms with van der Waals surface area (Å²) < 4.78 is 0. The van der Waals surface area contributed by atoms with Crippen LogP contribution in [0.1, 0.15) is 52.3 Å². The molecule has 2 unspecified atom stereocenters. The van der Waals surface area contributed by atoms with Crippen molar-refractivity contribution in [3.63, 3.8) is 0 Å². The average Bonchev–Trinajstić information content (AvgIpc) is 2.39. The van der Waals surface area contributed by atoms with Gasteiger partial charge in [0.25, 0.3) is 0 Å². The van der Waals surface area contributed by atoms with Gasteiger partial charge in [0, 0.05) is 24.3 Å². The van der Waals surface area contributed by atoms with E-state index >= 15 is 0 Å². The smallest absolute Gasteiger partial charge is 0.131 e. The van der Waals surface area contributed by atoms with Gasteiger partial charge in [0.2, 0.25) is 0 Å². The largest absolute Gasteiger partial charge is 0.370 e. The van der Waals surface area contributed by atoms with Crippen LogP contribution < -0.4 is 5.32 Å². The molecule has 3 nitrogen and oxygen atoms in total. The second kappa shape index (κ2) is 7.13. The van der Waals surface area contributed by atoms with Crippen LogP contribution >= 0.6 is 11.8 Å². The molecule has 19 heavy (non-hydrogen) atoms. The van der Waals surface area contributed by atoms with E-state index < -0.39 is 0 Å². The number of thioether (sulfide) groups is 1. The molecule has 0 bridgehead atoms. The first kappa shape index (κ1) is 14.6. The second-order valence-corrected chi connectivity index (χ2v) is 6.72. The molecule has 106 valence electrons. The molecule has 1 saturated carbocycles. The number of anilines is 1. The Kier molecular flexibility index (Phi) is 5.49. The lowest BCUT2D eigenvalue weighted by Gasteiger charge is -2.25. The van der Waals surface area contributed by atoms with Crippen LogP contribution in [-0.2, 0) is 6.42 Å². The third-order valence-corrected chi connectivity index (χ3v) is 4.81. The zero-order valence-corrected chi connectivity index (χ0v) is 13.1. The average molecular weight is 279 g/mol. The van der Waals surface area contributed by atoms with E-state index in [1.807, 2.05) is 11.8 Å². The van der Waals surface area contributed by atoms with Gasteiger partial charge in [-0.1, -0.05) is 26.7 Å². The van der Waals surface area contributed by atoms with Crippen molar-refractivity contribution in [2.75, 3.05) is 11.9 Å². The van der Waals surface area contributed by atoms with E-state index in [9.17, 15) is 0 Å². The summed E-state index contributed by atoms with van der Waals surface area (Å²) >= 11 is 1.95. The molecule has 0 radical (unpaired) electrons. The van der Waals surface area contributed by atoms with E-state index in [1.54, 1.807) is 0 Å². The van der Waals surface area contributed by atoms with E-state index in [-0.39, 0.29) is 0 Å². The predicted molar refractivity (Wildman–Crippen MR) is 82.9 cm³/mol. The molecule has 0 amide bonds. The monoisotopic (exact) mass is 279 g/mol. The summed E-state index contributed by atoms with van der Waals surface area (Å²) in [6.07, 6.45) is 6.31. The predicted octanol–water partition coefficient (Wildman–Crippen LogP) is 4.14. The number of hydrogen-bond donors (Lipinski definition) is 1. The molecule has 2 rings (SSSR count). The fraction of sp³-hybridized carbons (Fsp3) is 0.733. The van der Waals surface area contributed by atoms with Crippen LogP contribution in [0.25, 0.3) is 0 Å². The number of aryl methyl sites for hydroxylation is 1. The molecular weight excluding hydrogens is 254 g/mol. The van der Waals surface area contributed by atoms with Gasteiger partial charge in [0.05, 0.1) is 0 Å². The SMILES string of the molecule is CCNc1cc(SC2CCCC(C)C2)nc(CC)n1. The van der Waals surface area contributed by atoms with Gasteiger partial charge >= 0.3 is 0 Å². The highest BCUT2D eigenvalue weighted by Gasteiger charge is 2.20. The molecule has 1 heterocycles. The number of nitrogens with zero attached hydrogens (tertiary/aromatic N) is 2. The zero-order chi connectivity index (χ0) is 13.7. The first-order valence-electron chi connectivity index (χ1n) is 7.49. The molecule has 1 aromatic heterocycles. The lowest BCUT2D eigenvalue weighted by molar-refractivity contribution is 0.394. The summed E-state index contributed by atoms with van der Waals surface area (Å²) in [6, 6.07) is 2.10. The molecule has 4 heteroatoms. The Labute approximate surface area is 121 Å². The first-order valence-corrected chi connectivity index (χ1v) is 8.37. The quantitative estimate of drug-likeness (QED) is 0.822. The van der Waals surface area contributed by atoms with Crippen LogP contribution in [0.2, 0.25) is 0 Å². The van der Waals surface area contributed by atoms with Crippen molar-refractivity contribution < 1.29 is 0 Å². The summed E-state index contributed by atoms with van der Waals surface area (Å²) in [5, 5.41) is 5.18. The van der Waals surface area contributed by atoms with Crippen molar-refractivity contribution in [3.05, 3.63) is 11.9 Å². The molecule has 1 aromatic rings. The Morgan fingerprint density at radius 3 is 2.84 bits per heavy atom. The van der Waals surface area contributed by atoms with Gasteiger partial charge < -0.3 is 5.32 Å².